The van der Waals surface area contributed by atoms with E-state index in [4.69, 9.17) is 0 Å². The van der Waals surface area contributed by atoms with Crippen LogP contribution in [0.5, 0.6) is 0 Å². The Balaban J connectivity index is 1.69. The number of hydrogen-bond donors (Lipinski definition) is 2. The van der Waals surface area contributed by atoms with Crippen molar-refractivity contribution in [3.63, 3.8) is 0 Å². The molecule has 2 N–H and O–H groups in total. The second kappa shape index (κ2) is 9.05. The van der Waals surface area contributed by atoms with Gasteiger partial charge in [0.1, 0.15) is 12.2 Å². The maximum atomic E-state index is 14.1. The van der Waals surface area contributed by atoms with E-state index in [1.807, 2.05) is 0 Å². The van der Waals surface area contributed by atoms with Crippen LogP contribution in [0, 0.1) is 11.8 Å². The zero-order valence-corrected chi connectivity index (χ0v) is 15.4. The minimum absolute atomic E-state index is 0.107. The van der Waals surface area contributed by atoms with Gasteiger partial charge < -0.3 is 10.2 Å². The zero-order chi connectivity index (χ0) is 20.1. The monoisotopic (exact) mass is 393 g/mol. The van der Waals surface area contributed by atoms with Gasteiger partial charge in [0.05, 0.1) is 25.2 Å². The van der Waals surface area contributed by atoms with Crippen molar-refractivity contribution in [3.05, 3.63) is 18.6 Å². The summed E-state index contributed by atoms with van der Waals surface area (Å²) >= 11 is 0. The van der Waals surface area contributed by atoms with E-state index in [1.165, 1.54) is 23.5 Å². The number of carbonyl (C=O) groups is 3. The van der Waals surface area contributed by atoms with Crippen molar-refractivity contribution in [1.29, 1.82) is 0 Å². The van der Waals surface area contributed by atoms with Crippen molar-refractivity contribution < 1.29 is 24.0 Å². The summed E-state index contributed by atoms with van der Waals surface area (Å²) in [5.41, 5.74) is 0. The highest BCUT2D eigenvalue weighted by Gasteiger charge is 2.42. The van der Waals surface area contributed by atoms with Crippen LogP contribution in [0.15, 0.2) is 18.6 Å². The molecule has 1 saturated carbocycles. The lowest BCUT2D eigenvalue weighted by molar-refractivity contribution is -0.157. The number of nitrogens with zero attached hydrogens (tertiary/aromatic N) is 4. The van der Waals surface area contributed by atoms with Gasteiger partial charge in [-0.2, -0.15) is 0 Å². The quantitative estimate of drug-likeness (QED) is 0.367. The fraction of sp³-hybridized carbons (Fsp3) is 0.611. The van der Waals surface area contributed by atoms with Gasteiger partial charge in [0.2, 0.25) is 18.2 Å². The van der Waals surface area contributed by atoms with E-state index in [9.17, 15) is 24.0 Å². The molecule has 9 nitrogen and oxygen atoms in total. The summed E-state index contributed by atoms with van der Waals surface area (Å²) in [4.78, 5) is 45.4. The summed E-state index contributed by atoms with van der Waals surface area (Å²) in [7, 11) is 0. The van der Waals surface area contributed by atoms with E-state index < -0.39 is 29.9 Å². The van der Waals surface area contributed by atoms with Crippen LogP contribution in [-0.4, -0.2) is 68.7 Å². The average Bonchev–Trinajstić information content (AvgIpc) is 3.44. The Morgan fingerprint density at radius 3 is 2.86 bits per heavy atom. The van der Waals surface area contributed by atoms with E-state index in [0.717, 1.165) is 19.3 Å². The molecular weight excluding hydrogens is 369 g/mol. The summed E-state index contributed by atoms with van der Waals surface area (Å²) in [6.07, 6.45) is 6.52. The Bertz CT molecular complexity index is 702. The molecule has 0 radical (unpaired) electrons. The van der Waals surface area contributed by atoms with Crippen LogP contribution in [-0.2, 0) is 14.4 Å². The number of aromatic nitrogens is 2. The van der Waals surface area contributed by atoms with E-state index in [2.05, 4.69) is 15.3 Å². The molecule has 1 saturated heterocycles. The molecule has 1 aliphatic carbocycles. The number of carbonyl (C=O) groups excluding carboxylic acids is 3. The molecule has 2 fully saturated rings. The van der Waals surface area contributed by atoms with Crippen molar-refractivity contribution in [2.75, 3.05) is 18.4 Å². The van der Waals surface area contributed by atoms with E-state index in [0.29, 0.717) is 17.4 Å². The van der Waals surface area contributed by atoms with Gasteiger partial charge in [-0.05, 0) is 18.8 Å². The molecule has 0 bridgehead atoms. The maximum absolute atomic E-state index is 14.1. The highest BCUT2D eigenvalue weighted by molar-refractivity contribution is 5.97. The van der Waals surface area contributed by atoms with Gasteiger partial charge in [0, 0.05) is 18.8 Å². The van der Waals surface area contributed by atoms with Crippen molar-refractivity contribution in [1.82, 2.24) is 19.9 Å². The van der Waals surface area contributed by atoms with Gasteiger partial charge in [-0.25, -0.2) is 14.4 Å². The Labute approximate surface area is 161 Å². The molecule has 3 amide bonds. The van der Waals surface area contributed by atoms with Crippen LogP contribution >= 0.6 is 0 Å². The summed E-state index contributed by atoms with van der Waals surface area (Å²) in [5, 5.41) is 12.5. The molecule has 0 spiro atoms. The van der Waals surface area contributed by atoms with Crippen LogP contribution < -0.4 is 5.32 Å². The Kier molecular flexibility index (Phi) is 6.50. The second-order valence-electron chi connectivity index (χ2n) is 7.36. The van der Waals surface area contributed by atoms with Crippen LogP contribution in [0.25, 0.3) is 0 Å². The molecule has 3 atom stereocenters. The normalized spacial score (nSPS) is 22.6. The highest BCUT2D eigenvalue weighted by atomic mass is 19.1. The molecule has 1 aliphatic heterocycles. The predicted octanol–water partition coefficient (Wildman–Crippen LogP) is 1.01. The highest BCUT2D eigenvalue weighted by Crippen LogP contribution is 2.35. The molecule has 1 aromatic rings. The van der Waals surface area contributed by atoms with E-state index in [1.54, 1.807) is 0 Å². The van der Waals surface area contributed by atoms with Gasteiger partial charge in [0.15, 0.2) is 5.82 Å². The first-order chi connectivity index (χ1) is 13.5. The minimum Gasteiger partial charge on any atom is -0.327 e. The molecule has 2 aliphatic rings. The van der Waals surface area contributed by atoms with E-state index in [-0.39, 0.29) is 31.7 Å². The minimum atomic E-state index is -1.32. The third-order valence-electron chi connectivity index (χ3n) is 5.15. The van der Waals surface area contributed by atoms with Crippen molar-refractivity contribution in [3.8, 4) is 0 Å². The first-order valence-electron chi connectivity index (χ1n) is 9.40. The SMILES string of the molecule is O=CN(O)C[C@@H](CCC1CC1)C(=O)N1C[C@H](F)C[C@H]1C(=O)Nc1cnccn1. The summed E-state index contributed by atoms with van der Waals surface area (Å²) in [6, 6.07) is -0.976. The third kappa shape index (κ3) is 5.22. The molecule has 2 heterocycles. The average molecular weight is 393 g/mol. The lowest BCUT2D eigenvalue weighted by atomic mass is 9.99. The number of likely N-dealkylation sites (tertiary alicyclic amines) is 1. The number of halogens is 1. The third-order valence-corrected chi connectivity index (χ3v) is 5.15. The molecule has 28 heavy (non-hydrogen) atoms. The number of amides is 3. The lowest BCUT2D eigenvalue weighted by Crippen LogP contribution is -2.47. The van der Waals surface area contributed by atoms with Gasteiger partial charge >= 0.3 is 0 Å². The van der Waals surface area contributed by atoms with Gasteiger partial charge in [-0.1, -0.05) is 12.8 Å². The standard InChI is InChI=1S/C18H24FN5O4/c19-14-7-15(17(26)22-16-8-20-5-6-21-16)24(10-14)18(27)13(9-23(28)11-25)4-3-12-1-2-12/h5-6,8,11-15,28H,1-4,7,9-10H2,(H,21,22,26)/t13-,14-,15+/m1/s1. The smallest absolute Gasteiger partial charge is 0.248 e. The first-order valence-corrected chi connectivity index (χ1v) is 9.40. The van der Waals surface area contributed by atoms with Gasteiger partial charge in [-0.3, -0.25) is 24.6 Å². The van der Waals surface area contributed by atoms with Crippen LogP contribution in [0.2, 0.25) is 0 Å². The largest absolute Gasteiger partial charge is 0.327 e. The van der Waals surface area contributed by atoms with Crippen molar-refractivity contribution >= 4 is 24.0 Å². The summed E-state index contributed by atoms with van der Waals surface area (Å²) < 4.78 is 14.1. The number of hydroxylamine groups is 2. The fourth-order valence-corrected chi connectivity index (χ4v) is 3.49. The Morgan fingerprint density at radius 2 is 2.21 bits per heavy atom. The molecule has 0 unspecified atom stereocenters. The van der Waals surface area contributed by atoms with Crippen molar-refractivity contribution in [2.24, 2.45) is 11.8 Å². The van der Waals surface area contributed by atoms with Crippen LogP contribution in [0.1, 0.15) is 32.1 Å². The Morgan fingerprint density at radius 1 is 1.43 bits per heavy atom. The molecule has 1 aromatic heterocycles. The lowest BCUT2D eigenvalue weighted by Gasteiger charge is -2.28. The fourth-order valence-electron chi connectivity index (χ4n) is 3.49. The number of rotatable bonds is 9. The van der Waals surface area contributed by atoms with Crippen molar-refractivity contribution in [2.45, 2.75) is 44.3 Å². The second-order valence-corrected chi connectivity index (χ2v) is 7.36. The number of alkyl halides is 1. The maximum Gasteiger partial charge on any atom is 0.248 e. The molecule has 10 heteroatoms. The molecular formula is C18H24FN5O4. The van der Waals surface area contributed by atoms with Crippen LogP contribution in [0.4, 0.5) is 10.2 Å². The van der Waals surface area contributed by atoms with E-state index >= 15 is 0 Å². The van der Waals surface area contributed by atoms with Gasteiger partial charge in [0.25, 0.3) is 0 Å². The number of anilines is 1. The van der Waals surface area contributed by atoms with Gasteiger partial charge in [-0.15, -0.1) is 0 Å². The molecule has 152 valence electrons. The van der Waals surface area contributed by atoms with Crippen LogP contribution in [0.3, 0.4) is 0 Å². The number of nitrogens with one attached hydrogen (secondary N) is 1. The summed E-state index contributed by atoms with van der Waals surface area (Å²) in [6.45, 7) is -0.370. The predicted molar refractivity (Wildman–Crippen MR) is 95.7 cm³/mol. The molecule has 3 rings (SSSR count). The molecule has 0 aromatic carbocycles. The zero-order valence-electron chi connectivity index (χ0n) is 15.4. The summed E-state index contributed by atoms with van der Waals surface area (Å²) in [5.74, 6) is -0.878. The Hall–Kier alpha value is -2.62. The topological polar surface area (TPSA) is 116 Å². The first kappa shape index (κ1) is 20.1. The number of hydrogen-bond acceptors (Lipinski definition) is 6.